The van der Waals surface area contributed by atoms with Crippen molar-refractivity contribution in [2.45, 2.75) is 57.3 Å². The summed E-state index contributed by atoms with van der Waals surface area (Å²) in [5.74, 6) is 1.79. The Labute approximate surface area is 171 Å². The maximum atomic E-state index is 12.5. The van der Waals surface area contributed by atoms with Crippen LogP contribution in [0.25, 0.3) is 11.4 Å². The Morgan fingerprint density at radius 1 is 1.32 bits per heavy atom. The molecule has 3 rings (SSSR count). The molecular formula is C21H30N4O2S. The first-order valence-corrected chi connectivity index (χ1v) is 11.0. The molecule has 28 heavy (non-hydrogen) atoms. The highest BCUT2D eigenvalue weighted by molar-refractivity contribution is 7.99. The predicted octanol–water partition coefficient (Wildman–Crippen LogP) is 3.69. The van der Waals surface area contributed by atoms with E-state index in [1.54, 1.807) is 7.11 Å². The number of carbonyl (C=O) groups is 1. The zero-order valence-electron chi connectivity index (χ0n) is 17.0. The van der Waals surface area contributed by atoms with Gasteiger partial charge in [-0.2, -0.15) is 0 Å². The number of aromatic nitrogens is 3. The second kappa shape index (κ2) is 10.1. The van der Waals surface area contributed by atoms with Crippen LogP contribution in [0.15, 0.2) is 29.4 Å². The van der Waals surface area contributed by atoms with Gasteiger partial charge in [0.25, 0.3) is 0 Å². The normalized spacial score (nSPS) is 19.5. The Kier molecular flexibility index (Phi) is 7.50. The molecule has 0 aliphatic heterocycles. The summed E-state index contributed by atoms with van der Waals surface area (Å²) < 4.78 is 7.30. The third kappa shape index (κ3) is 5.35. The largest absolute Gasteiger partial charge is 0.383 e. The molecule has 1 heterocycles. The van der Waals surface area contributed by atoms with Gasteiger partial charge in [-0.15, -0.1) is 10.2 Å². The van der Waals surface area contributed by atoms with Crippen LogP contribution < -0.4 is 5.32 Å². The molecule has 152 valence electrons. The van der Waals surface area contributed by atoms with Crippen molar-refractivity contribution in [1.82, 2.24) is 20.1 Å². The molecule has 0 radical (unpaired) electrons. The molecule has 1 aromatic carbocycles. The van der Waals surface area contributed by atoms with E-state index in [-0.39, 0.29) is 5.91 Å². The van der Waals surface area contributed by atoms with Crippen LogP contribution in [0.1, 0.15) is 38.2 Å². The number of thioether (sulfide) groups is 1. The summed E-state index contributed by atoms with van der Waals surface area (Å²) in [6.45, 7) is 5.50. The Morgan fingerprint density at radius 3 is 2.89 bits per heavy atom. The van der Waals surface area contributed by atoms with Crippen LogP contribution in [0, 0.1) is 12.8 Å². The highest BCUT2D eigenvalue weighted by Crippen LogP contribution is 2.26. The number of hydrogen-bond acceptors (Lipinski definition) is 5. The number of aryl methyl sites for hydroxylation is 1. The average Bonchev–Trinajstić information content (AvgIpc) is 3.09. The molecule has 0 unspecified atom stereocenters. The number of nitrogens with one attached hydrogen (secondary N) is 1. The fourth-order valence-corrected chi connectivity index (χ4v) is 4.46. The molecule has 0 saturated heterocycles. The van der Waals surface area contributed by atoms with Gasteiger partial charge in [-0.3, -0.25) is 9.36 Å². The number of nitrogens with zero attached hydrogens (tertiary/aromatic N) is 3. The first kappa shape index (κ1) is 20.9. The summed E-state index contributed by atoms with van der Waals surface area (Å²) >= 11 is 1.44. The number of benzene rings is 1. The van der Waals surface area contributed by atoms with Gasteiger partial charge >= 0.3 is 0 Å². The standard InChI is InChI=1S/C21H30N4O2S/c1-15-7-6-9-17(13-15)20-23-24-21(25(20)11-12-27-3)28-14-19(26)22-18-10-5-4-8-16(18)2/h6-7,9,13,16,18H,4-5,8,10-12,14H2,1-3H3,(H,22,26)/t16-,18-/m1/s1. The Balaban J connectivity index is 1.68. The third-order valence-corrected chi connectivity index (χ3v) is 6.27. The minimum Gasteiger partial charge on any atom is -0.383 e. The molecule has 1 amide bonds. The molecule has 1 aliphatic rings. The Bertz CT molecular complexity index is 792. The summed E-state index contributed by atoms with van der Waals surface area (Å²) in [4.78, 5) is 12.5. The molecule has 7 heteroatoms. The van der Waals surface area contributed by atoms with Gasteiger partial charge in [0.2, 0.25) is 5.91 Å². The smallest absolute Gasteiger partial charge is 0.230 e. The maximum absolute atomic E-state index is 12.5. The number of methoxy groups -OCH3 is 1. The predicted molar refractivity (Wildman–Crippen MR) is 112 cm³/mol. The van der Waals surface area contributed by atoms with Crippen molar-refractivity contribution in [3.63, 3.8) is 0 Å². The molecule has 1 aliphatic carbocycles. The molecule has 1 fully saturated rings. The van der Waals surface area contributed by atoms with Crippen LogP contribution in [0.5, 0.6) is 0 Å². The minimum absolute atomic E-state index is 0.0714. The van der Waals surface area contributed by atoms with Gasteiger partial charge in [-0.25, -0.2) is 0 Å². The van der Waals surface area contributed by atoms with E-state index >= 15 is 0 Å². The number of rotatable bonds is 8. The van der Waals surface area contributed by atoms with Gasteiger partial charge in [0.15, 0.2) is 11.0 Å². The molecule has 6 nitrogen and oxygen atoms in total. The topological polar surface area (TPSA) is 69.0 Å². The lowest BCUT2D eigenvalue weighted by Crippen LogP contribution is -2.41. The number of carbonyl (C=O) groups excluding carboxylic acids is 1. The Morgan fingerprint density at radius 2 is 2.14 bits per heavy atom. The number of ether oxygens (including phenoxy) is 1. The second-order valence-corrected chi connectivity index (χ2v) is 8.49. The van der Waals surface area contributed by atoms with Gasteiger partial charge in [0.1, 0.15) is 0 Å². The summed E-state index contributed by atoms with van der Waals surface area (Å²) in [5.41, 5.74) is 2.20. The third-order valence-electron chi connectivity index (χ3n) is 5.30. The molecule has 2 atom stereocenters. The highest BCUT2D eigenvalue weighted by Gasteiger charge is 2.23. The zero-order valence-corrected chi connectivity index (χ0v) is 17.8. The van der Waals surface area contributed by atoms with E-state index in [2.05, 4.69) is 41.5 Å². The molecule has 1 aromatic heterocycles. The number of amides is 1. The van der Waals surface area contributed by atoms with Crippen LogP contribution in [0.4, 0.5) is 0 Å². The summed E-state index contributed by atoms with van der Waals surface area (Å²) in [6, 6.07) is 8.51. The van der Waals surface area contributed by atoms with E-state index < -0.39 is 0 Å². The first-order valence-electron chi connectivity index (χ1n) is 10.00. The molecule has 1 N–H and O–H groups in total. The lowest BCUT2D eigenvalue weighted by molar-refractivity contribution is -0.119. The fourth-order valence-electron chi connectivity index (χ4n) is 3.69. The number of hydrogen-bond donors (Lipinski definition) is 1. The first-order chi connectivity index (χ1) is 13.6. The summed E-state index contributed by atoms with van der Waals surface area (Å²) in [6.07, 6.45) is 4.75. The van der Waals surface area contributed by atoms with Crippen molar-refractivity contribution in [3.05, 3.63) is 29.8 Å². The average molecular weight is 403 g/mol. The minimum atomic E-state index is 0.0714. The van der Waals surface area contributed by atoms with Crippen molar-refractivity contribution in [2.75, 3.05) is 19.5 Å². The Hall–Kier alpha value is -1.86. The molecule has 0 spiro atoms. The molecular weight excluding hydrogens is 372 g/mol. The second-order valence-electron chi connectivity index (χ2n) is 7.54. The van der Waals surface area contributed by atoms with E-state index in [1.165, 1.54) is 36.6 Å². The van der Waals surface area contributed by atoms with E-state index in [1.807, 2.05) is 16.7 Å². The molecule has 0 bridgehead atoms. The van der Waals surface area contributed by atoms with Crippen molar-refractivity contribution < 1.29 is 9.53 Å². The van der Waals surface area contributed by atoms with Gasteiger partial charge in [-0.05, 0) is 31.7 Å². The van der Waals surface area contributed by atoms with Gasteiger partial charge in [-0.1, -0.05) is 55.3 Å². The van der Waals surface area contributed by atoms with Crippen LogP contribution in [-0.4, -0.2) is 46.2 Å². The summed E-state index contributed by atoms with van der Waals surface area (Å²) in [5, 5.41) is 12.7. The van der Waals surface area contributed by atoms with Gasteiger partial charge in [0, 0.05) is 18.7 Å². The van der Waals surface area contributed by atoms with Crippen LogP contribution in [0.3, 0.4) is 0 Å². The SMILES string of the molecule is COCCn1c(SCC(=O)N[C@@H]2CCCC[C@H]2C)nnc1-c1cccc(C)c1. The van der Waals surface area contributed by atoms with Crippen LogP contribution >= 0.6 is 11.8 Å². The lowest BCUT2D eigenvalue weighted by Gasteiger charge is -2.29. The fraction of sp³-hybridized carbons (Fsp3) is 0.571. The van der Waals surface area contributed by atoms with Gasteiger partial charge < -0.3 is 10.1 Å². The van der Waals surface area contributed by atoms with E-state index in [9.17, 15) is 4.79 Å². The quantitative estimate of drug-likeness (QED) is 0.682. The monoisotopic (exact) mass is 402 g/mol. The van der Waals surface area contributed by atoms with Crippen molar-refractivity contribution in [2.24, 2.45) is 5.92 Å². The van der Waals surface area contributed by atoms with E-state index in [0.717, 1.165) is 23.0 Å². The van der Waals surface area contributed by atoms with Crippen molar-refractivity contribution >= 4 is 17.7 Å². The van der Waals surface area contributed by atoms with Crippen molar-refractivity contribution in [1.29, 1.82) is 0 Å². The van der Waals surface area contributed by atoms with Gasteiger partial charge in [0.05, 0.1) is 18.9 Å². The van der Waals surface area contributed by atoms with Crippen molar-refractivity contribution in [3.8, 4) is 11.4 Å². The van der Waals surface area contributed by atoms with Crippen LogP contribution in [0.2, 0.25) is 0 Å². The molecule has 1 saturated carbocycles. The lowest BCUT2D eigenvalue weighted by atomic mass is 9.86. The summed E-state index contributed by atoms with van der Waals surface area (Å²) in [7, 11) is 1.68. The zero-order chi connectivity index (χ0) is 19.9. The van der Waals surface area contributed by atoms with E-state index in [0.29, 0.717) is 30.9 Å². The molecule has 2 aromatic rings. The van der Waals surface area contributed by atoms with Crippen LogP contribution in [-0.2, 0) is 16.1 Å². The van der Waals surface area contributed by atoms with E-state index in [4.69, 9.17) is 4.74 Å². The highest BCUT2D eigenvalue weighted by atomic mass is 32.2. The maximum Gasteiger partial charge on any atom is 0.230 e.